The van der Waals surface area contributed by atoms with Crippen molar-refractivity contribution in [1.29, 1.82) is 0 Å². The summed E-state index contributed by atoms with van der Waals surface area (Å²) < 4.78 is 1.91. The largest absolute Gasteiger partial charge is 0.352 e. The molecule has 0 aliphatic heterocycles. The molecule has 2 aromatic rings. The number of amides is 1. The van der Waals surface area contributed by atoms with Crippen LogP contribution in [0.5, 0.6) is 0 Å². The normalized spacial score (nSPS) is 12.9. The number of nitrogens with zero attached hydrogens (tertiary/aromatic N) is 2. The van der Waals surface area contributed by atoms with Crippen molar-refractivity contribution >= 4 is 16.9 Å². The SMILES string of the molecule is Cc1cc2ncn(CC(=O)NC(C)C(C)C)c2cc1C. The molecule has 1 N–H and O–H groups in total. The van der Waals surface area contributed by atoms with Crippen LogP contribution in [0.4, 0.5) is 0 Å². The molecule has 1 amide bonds. The number of imidazole rings is 1. The third kappa shape index (κ3) is 3.00. The van der Waals surface area contributed by atoms with Gasteiger partial charge in [0.05, 0.1) is 17.4 Å². The second-order valence-electron chi connectivity index (χ2n) is 5.90. The minimum atomic E-state index is 0.0312. The van der Waals surface area contributed by atoms with Gasteiger partial charge in [-0.25, -0.2) is 4.98 Å². The van der Waals surface area contributed by atoms with Crippen LogP contribution in [0.2, 0.25) is 0 Å². The molecule has 1 heterocycles. The highest BCUT2D eigenvalue weighted by atomic mass is 16.2. The zero-order chi connectivity index (χ0) is 14.9. The highest BCUT2D eigenvalue weighted by molar-refractivity contribution is 5.81. The second-order valence-corrected chi connectivity index (χ2v) is 5.90. The van der Waals surface area contributed by atoms with Crippen LogP contribution in [0.15, 0.2) is 18.5 Å². The van der Waals surface area contributed by atoms with E-state index in [0.717, 1.165) is 11.0 Å². The molecule has 0 saturated carbocycles. The predicted octanol–water partition coefficient (Wildman–Crippen LogP) is 2.81. The first-order chi connectivity index (χ1) is 9.38. The van der Waals surface area contributed by atoms with Crippen LogP contribution in [-0.2, 0) is 11.3 Å². The molecule has 2 rings (SSSR count). The van der Waals surface area contributed by atoms with E-state index >= 15 is 0 Å². The number of fused-ring (bicyclic) bond motifs is 1. The van der Waals surface area contributed by atoms with E-state index in [0.29, 0.717) is 12.5 Å². The average Bonchev–Trinajstić information content (AvgIpc) is 2.72. The Hall–Kier alpha value is -1.84. The maximum atomic E-state index is 12.1. The van der Waals surface area contributed by atoms with Gasteiger partial charge in [0, 0.05) is 6.04 Å². The van der Waals surface area contributed by atoms with E-state index in [4.69, 9.17) is 0 Å². The molecule has 108 valence electrons. The molecule has 1 atom stereocenters. The van der Waals surface area contributed by atoms with Crippen molar-refractivity contribution < 1.29 is 4.79 Å². The Labute approximate surface area is 120 Å². The smallest absolute Gasteiger partial charge is 0.240 e. The standard InChI is InChI=1S/C16H23N3O/c1-10(2)13(5)18-16(20)8-19-9-17-14-6-11(3)12(4)7-15(14)19/h6-7,9-10,13H,8H2,1-5H3,(H,18,20). The first kappa shape index (κ1) is 14.6. The van der Waals surface area contributed by atoms with Crippen molar-refractivity contribution in [2.45, 2.75) is 47.2 Å². The molecule has 0 saturated heterocycles. The molecule has 0 spiro atoms. The van der Waals surface area contributed by atoms with Gasteiger partial charge < -0.3 is 9.88 Å². The summed E-state index contributed by atoms with van der Waals surface area (Å²) in [5.74, 6) is 0.465. The maximum absolute atomic E-state index is 12.1. The van der Waals surface area contributed by atoms with E-state index in [-0.39, 0.29) is 11.9 Å². The van der Waals surface area contributed by atoms with Crippen molar-refractivity contribution in [3.05, 3.63) is 29.6 Å². The molecule has 20 heavy (non-hydrogen) atoms. The lowest BCUT2D eigenvalue weighted by atomic mass is 10.1. The number of aromatic nitrogens is 2. The number of rotatable bonds is 4. The molecule has 4 nitrogen and oxygen atoms in total. The van der Waals surface area contributed by atoms with Gasteiger partial charge in [0.25, 0.3) is 0 Å². The van der Waals surface area contributed by atoms with E-state index in [1.807, 2.05) is 11.5 Å². The van der Waals surface area contributed by atoms with E-state index < -0.39 is 0 Å². The minimum Gasteiger partial charge on any atom is -0.352 e. The van der Waals surface area contributed by atoms with Gasteiger partial charge in [-0.05, 0) is 49.9 Å². The zero-order valence-electron chi connectivity index (χ0n) is 12.9. The summed E-state index contributed by atoms with van der Waals surface area (Å²) in [7, 11) is 0. The van der Waals surface area contributed by atoms with Gasteiger partial charge in [-0.3, -0.25) is 4.79 Å². The highest BCUT2D eigenvalue weighted by Gasteiger charge is 2.12. The second kappa shape index (κ2) is 5.65. The lowest BCUT2D eigenvalue weighted by Gasteiger charge is -2.17. The summed E-state index contributed by atoms with van der Waals surface area (Å²) in [6, 6.07) is 4.34. The monoisotopic (exact) mass is 273 g/mol. The van der Waals surface area contributed by atoms with Crippen LogP contribution >= 0.6 is 0 Å². The molecule has 0 aliphatic rings. The quantitative estimate of drug-likeness (QED) is 0.931. The summed E-state index contributed by atoms with van der Waals surface area (Å²) >= 11 is 0. The number of hydrogen-bond donors (Lipinski definition) is 1. The Morgan fingerprint density at radius 1 is 1.25 bits per heavy atom. The summed E-state index contributed by atoms with van der Waals surface area (Å²) in [5, 5.41) is 3.02. The van der Waals surface area contributed by atoms with Crippen LogP contribution in [0.25, 0.3) is 11.0 Å². The molecule has 0 bridgehead atoms. The molecule has 0 aliphatic carbocycles. The topological polar surface area (TPSA) is 46.9 Å². The summed E-state index contributed by atoms with van der Waals surface area (Å²) in [6.45, 7) is 10.7. The van der Waals surface area contributed by atoms with Crippen LogP contribution in [0.1, 0.15) is 31.9 Å². The van der Waals surface area contributed by atoms with Crippen molar-refractivity contribution in [2.75, 3.05) is 0 Å². The average molecular weight is 273 g/mol. The van der Waals surface area contributed by atoms with Crippen LogP contribution < -0.4 is 5.32 Å². The van der Waals surface area contributed by atoms with E-state index in [1.165, 1.54) is 11.1 Å². The van der Waals surface area contributed by atoms with Crippen molar-refractivity contribution in [2.24, 2.45) is 5.92 Å². The van der Waals surface area contributed by atoms with Gasteiger partial charge in [0.2, 0.25) is 5.91 Å². The van der Waals surface area contributed by atoms with Gasteiger partial charge in [0.15, 0.2) is 0 Å². The Kier molecular flexibility index (Phi) is 4.12. The van der Waals surface area contributed by atoms with Crippen molar-refractivity contribution in [1.82, 2.24) is 14.9 Å². The van der Waals surface area contributed by atoms with E-state index in [9.17, 15) is 4.79 Å². The van der Waals surface area contributed by atoms with Crippen LogP contribution in [-0.4, -0.2) is 21.5 Å². The number of nitrogens with one attached hydrogen (secondary N) is 1. The molecule has 0 fully saturated rings. The Morgan fingerprint density at radius 2 is 1.90 bits per heavy atom. The minimum absolute atomic E-state index is 0.0312. The van der Waals surface area contributed by atoms with Crippen molar-refractivity contribution in [3.63, 3.8) is 0 Å². The van der Waals surface area contributed by atoms with Gasteiger partial charge in [-0.15, -0.1) is 0 Å². The fourth-order valence-corrected chi connectivity index (χ4v) is 2.06. The number of aryl methyl sites for hydroxylation is 2. The first-order valence-corrected chi connectivity index (χ1v) is 7.10. The van der Waals surface area contributed by atoms with Gasteiger partial charge in [-0.2, -0.15) is 0 Å². The molecular formula is C16H23N3O. The van der Waals surface area contributed by atoms with Gasteiger partial charge in [-0.1, -0.05) is 13.8 Å². The van der Waals surface area contributed by atoms with Crippen LogP contribution in [0, 0.1) is 19.8 Å². The number of hydrogen-bond acceptors (Lipinski definition) is 2. The first-order valence-electron chi connectivity index (χ1n) is 7.10. The van der Waals surface area contributed by atoms with Crippen molar-refractivity contribution in [3.8, 4) is 0 Å². The third-order valence-electron chi connectivity index (χ3n) is 3.94. The molecule has 4 heteroatoms. The van der Waals surface area contributed by atoms with E-state index in [1.54, 1.807) is 6.33 Å². The Bertz CT molecular complexity index is 628. The molecular weight excluding hydrogens is 250 g/mol. The third-order valence-corrected chi connectivity index (χ3v) is 3.94. The lowest BCUT2D eigenvalue weighted by Crippen LogP contribution is -2.38. The fraction of sp³-hybridized carbons (Fsp3) is 0.500. The summed E-state index contributed by atoms with van der Waals surface area (Å²) in [6.07, 6.45) is 1.74. The predicted molar refractivity (Wildman–Crippen MR) is 81.6 cm³/mol. The maximum Gasteiger partial charge on any atom is 0.240 e. The summed E-state index contributed by atoms with van der Waals surface area (Å²) in [4.78, 5) is 16.4. The summed E-state index contributed by atoms with van der Waals surface area (Å²) in [5.41, 5.74) is 4.40. The number of carbonyl (C=O) groups is 1. The molecule has 0 radical (unpaired) electrons. The molecule has 1 aromatic heterocycles. The van der Waals surface area contributed by atoms with Gasteiger partial charge in [0.1, 0.15) is 6.54 Å². The fourth-order valence-electron chi connectivity index (χ4n) is 2.06. The van der Waals surface area contributed by atoms with Crippen LogP contribution in [0.3, 0.4) is 0 Å². The number of benzene rings is 1. The molecule has 1 aromatic carbocycles. The highest BCUT2D eigenvalue weighted by Crippen LogP contribution is 2.18. The zero-order valence-corrected chi connectivity index (χ0v) is 12.9. The number of carbonyl (C=O) groups excluding carboxylic acids is 1. The van der Waals surface area contributed by atoms with Gasteiger partial charge >= 0.3 is 0 Å². The van der Waals surface area contributed by atoms with E-state index in [2.05, 4.69) is 50.1 Å². The Morgan fingerprint density at radius 3 is 2.55 bits per heavy atom. The Balaban J connectivity index is 2.18. The molecule has 1 unspecified atom stereocenters. The lowest BCUT2D eigenvalue weighted by molar-refractivity contribution is -0.122.